The van der Waals surface area contributed by atoms with Gasteiger partial charge < -0.3 is 15.4 Å². The first-order valence-electron chi connectivity index (χ1n) is 9.71. The number of anilines is 4. The van der Waals surface area contributed by atoms with Crippen LogP contribution in [0.25, 0.3) is 0 Å². The van der Waals surface area contributed by atoms with Gasteiger partial charge in [-0.05, 0) is 48.2 Å². The van der Waals surface area contributed by atoms with E-state index in [0.29, 0.717) is 35.2 Å². The molecule has 0 radical (unpaired) electrons. The second-order valence-electron chi connectivity index (χ2n) is 8.15. The van der Waals surface area contributed by atoms with Gasteiger partial charge in [0.25, 0.3) is 0 Å². The average molecular weight is 423 g/mol. The normalized spacial score (nSPS) is 14.7. The summed E-state index contributed by atoms with van der Waals surface area (Å²) in [5, 5.41) is 7.15. The fraction of sp³-hybridized carbons (Fsp3) is 0.261. The fourth-order valence-electron chi connectivity index (χ4n) is 3.61. The van der Waals surface area contributed by atoms with Crippen LogP contribution in [-0.4, -0.2) is 22.9 Å². The van der Waals surface area contributed by atoms with Crippen LogP contribution >= 0.6 is 11.6 Å². The van der Waals surface area contributed by atoms with Crippen LogP contribution < -0.4 is 15.4 Å². The average Bonchev–Trinajstić information content (AvgIpc) is 2.68. The van der Waals surface area contributed by atoms with Crippen molar-refractivity contribution in [1.82, 2.24) is 9.97 Å². The molecule has 0 atom stereocenters. The number of benzene rings is 2. The first-order valence-corrected chi connectivity index (χ1v) is 10.1. The highest BCUT2D eigenvalue weighted by molar-refractivity contribution is 6.30. The van der Waals surface area contributed by atoms with Crippen molar-refractivity contribution >= 4 is 40.5 Å². The third-order valence-corrected chi connectivity index (χ3v) is 5.23. The number of carbonyl (C=O) groups excluding carboxylic acids is 1. The monoisotopic (exact) mass is 422 g/mol. The minimum atomic E-state index is -0.150. The lowest BCUT2D eigenvalue weighted by atomic mass is 9.75. The second kappa shape index (κ2) is 7.95. The summed E-state index contributed by atoms with van der Waals surface area (Å²) in [6.07, 6.45) is 1.15. The number of hydrogen-bond donors (Lipinski definition) is 2. The Morgan fingerprint density at radius 2 is 1.77 bits per heavy atom. The maximum absolute atomic E-state index is 13.0. The van der Waals surface area contributed by atoms with Crippen molar-refractivity contribution in [3.05, 3.63) is 64.8 Å². The molecular weight excluding hydrogens is 400 g/mol. The quantitative estimate of drug-likeness (QED) is 0.542. The van der Waals surface area contributed by atoms with E-state index >= 15 is 0 Å². The van der Waals surface area contributed by atoms with E-state index in [-0.39, 0.29) is 11.2 Å². The molecule has 2 N–H and O–H groups in total. The van der Waals surface area contributed by atoms with Gasteiger partial charge >= 0.3 is 0 Å². The zero-order chi connectivity index (χ0) is 21.3. The van der Waals surface area contributed by atoms with E-state index in [4.69, 9.17) is 16.3 Å². The highest BCUT2D eigenvalue weighted by Crippen LogP contribution is 2.38. The largest absolute Gasteiger partial charge is 0.497 e. The zero-order valence-corrected chi connectivity index (χ0v) is 17.9. The number of ketones is 1. The third kappa shape index (κ3) is 4.39. The lowest BCUT2D eigenvalue weighted by Crippen LogP contribution is -2.29. The van der Waals surface area contributed by atoms with E-state index in [2.05, 4.69) is 34.4 Å². The molecule has 0 bridgehead atoms. The van der Waals surface area contributed by atoms with Crippen molar-refractivity contribution < 1.29 is 9.53 Å². The van der Waals surface area contributed by atoms with Crippen LogP contribution in [0.1, 0.15) is 36.3 Å². The molecule has 7 heteroatoms. The summed E-state index contributed by atoms with van der Waals surface area (Å²) in [4.78, 5) is 22.3. The van der Waals surface area contributed by atoms with Gasteiger partial charge in [-0.15, -0.1) is 0 Å². The van der Waals surface area contributed by atoms with Gasteiger partial charge in [-0.2, -0.15) is 4.98 Å². The highest BCUT2D eigenvalue weighted by atomic mass is 35.5. The molecule has 0 spiro atoms. The Balaban J connectivity index is 1.76. The predicted molar refractivity (Wildman–Crippen MR) is 119 cm³/mol. The van der Waals surface area contributed by atoms with E-state index < -0.39 is 0 Å². The Bertz CT molecular complexity index is 1100. The molecule has 0 fully saturated rings. The van der Waals surface area contributed by atoms with Crippen LogP contribution in [0.3, 0.4) is 0 Å². The summed E-state index contributed by atoms with van der Waals surface area (Å²) < 4.78 is 5.30. The van der Waals surface area contributed by atoms with E-state index in [0.717, 1.165) is 22.8 Å². The van der Waals surface area contributed by atoms with Gasteiger partial charge in [0.2, 0.25) is 5.95 Å². The molecule has 1 aliphatic rings. The zero-order valence-electron chi connectivity index (χ0n) is 17.1. The maximum Gasteiger partial charge on any atom is 0.229 e. The van der Waals surface area contributed by atoms with Crippen molar-refractivity contribution in [2.24, 2.45) is 5.41 Å². The van der Waals surface area contributed by atoms with Crippen LogP contribution in [0, 0.1) is 5.41 Å². The van der Waals surface area contributed by atoms with Gasteiger partial charge in [0.05, 0.1) is 18.4 Å². The standard InChI is InChI=1S/C23H23ClN4O2/c1-23(2)12-18-20(19(29)13-23)21(25-16-5-4-6-17(11-16)30-3)28-22(27-18)26-15-9-7-14(24)8-10-15/h4-11H,12-13H2,1-3H3,(H2,25,26,27,28). The van der Waals surface area contributed by atoms with Gasteiger partial charge in [0.1, 0.15) is 11.6 Å². The summed E-state index contributed by atoms with van der Waals surface area (Å²) >= 11 is 5.98. The molecule has 1 heterocycles. The molecule has 1 aliphatic carbocycles. The van der Waals surface area contributed by atoms with E-state index in [1.54, 1.807) is 19.2 Å². The lowest BCUT2D eigenvalue weighted by Gasteiger charge is -2.30. The van der Waals surface area contributed by atoms with Crippen molar-refractivity contribution in [3.63, 3.8) is 0 Å². The Kier molecular flexibility index (Phi) is 5.35. The first-order chi connectivity index (χ1) is 14.3. The number of rotatable bonds is 5. The number of carbonyl (C=O) groups is 1. The maximum atomic E-state index is 13.0. The van der Waals surface area contributed by atoms with Crippen LogP contribution in [0.5, 0.6) is 5.75 Å². The smallest absolute Gasteiger partial charge is 0.229 e. The van der Waals surface area contributed by atoms with E-state index in [9.17, 15) is 4.79 Å². The number of fused-ring (bicyclic) bond motifs is 1. The number of halogens is 1. The summed E-state index contributed by atoms with van der Waals surface area (Å²) in [6, 6.07) is 14.8. The Hall–Kier alpha value is -3.12. The SMILES string of the molecule is COc1cccc(Nc2nc(Nc3ccc(Cl)cc3)nc3c2C(=O)CC(C)(C)C3)c1. The summed E-state index contributed by atoms with van der Waals surface area (Å²) in [6.45, 7) is 4.16. The van der Waals surface area contributed by atoms with Gasteiger partial charge in [-0.1, -0.05) is 31.5 Å². The number of Topliss-reactive ketones (excluding diaryl/α,β-unsaturated/α-hetero) is 1. The Labute approximate surface area is 180 Å². The van der Waals surface area contributed by atoms with Crippen molar-refractivity contribution in [2.45, 2.75) is 26.7 Å². The van der Waals surface area contributed by atoms with Gasteiger partial charge in [-0.25, -0.2) is 4.98 Å². The van der Waals surface area contributed by atoms with Crippen LogP contribution in [0.2, 0.25) is 5.02 Å². The minimum Gasteiger partial charge on any atom is -0.497 e. The number of methoxy groups -OCH3 is 1. The van der Waals surface area contributed by atoms with E-state index in [1.807, 2.05) is 36.4 Å². The molecule has 0 amide bonds. The predicted octanol–water partition coefficient (Wildman–Crippen LogP) is 5.78. The minimum absolute atomic E-state index is 0.0460. The van der Waals surface area contributed by atoms with Crippen LogP contribution in [0.4, 0.5) is 23.1 Å². The van der Waals surface area contributed by atoms with Crippen molar-refractivity contribution in [1.29, 1.82) is 0 Å². The van der Waals surface area contributed by atoms with Crippen LogP contribution in [0.15, 0.2) is 48.5 Å². The number of ether oxygens (including phenoxy) is 1. The van der Waals surface area contributed by atoms with Gasteiger partial charge in [-0.3, -0.25) is 4.79 Å². The Morgan fingerprint density at radius 3 is 2.50 bits per heavy atom. The van der Waals surface area contributed by atoms with Crippen molar-refractivity contribution in [2.75, 3.05) is 17.7 Å². The number of hydrogen-bond acceptors (Lipinski definition) is 6. The van der Waals surface area contributed by atoms with Gasteiger partial charge in [0, 0.05) is 28.9 Å². The first kappa shape index (κ1) is 20.2. The molecule has 3 aromatic rings. The molecule has 0 aliphatic heterocycles. The highest BCUT2D eigenvalue weighted by Gasteiger charge is 2.35. The fourth-order valence-corrected chi connectivity index (χ4v) is 3.74. The summed E-state index contributed by atoms with van der Waals surface area (Å²) in [5.74, 6) is 1.68. The molecule has 4 rings (SSSR count). The summed E-state index contributed by atoms with van der Waals surface area (Å²) in [7, 11) is 1.62. The van der Waals surface area contributed by atoms with Crippen molar-refractivity contribution in [3.8, 4) is 5.75 Å². The van der Waals surface area contributed by atoms with Gasteiger partial charge in [0.15, 0.2) is 5.78 Å². The Morgan fingerprint density at radius 1 is 1.00 bits per heavy atom. The molecule has 0 saturated carbocycles. The third-order valence-electron chi connectivity index (χ3n) is 4.98. The van der Waals surface area contributed by atoms with Crippen LogP contribution in [-0.2, 0) is 6.42 Å². The number of nitrogens with one attached hydrogen (secondary N) is 2. The number of nitrogens with zero attached hydrogens (tertiary/aromatic N) is 2. The summed E-state index contributed by atoms with van der Waals surface area (Å²) in [5.41, 5.74) is 2.74. The molecule has 30 heavy (non-hydrogen) atoms. The molecule has 1 aromatic heterocycles. The second-order valence-corrected chi connectivity index (χ2v) is 8.58. The molecule has 6 nitrogen and oxygen atoms in total. The topological polar surface area (TPSA) is 76.1 Å². The lowest BCUT2D eigenvalue weighted by molar-refractivity contribution is 0.0911. The van der Waals surface area contributed by atoms with E-state index in [1.165, 1.54) is 0 Å². The molecular formula is C23H23ClN4O2. The molecule has 0 saturated heterocycles. The molecule has 0 unspecified atom stereocenters. The molecule has 2 aromatic carbocycles. The molecule has 154 valence electrons. The number of aromatic nitrogens is 2.